The first kappa shape index (κ1) is 27.1. The van der Waals surface area contributed by atoms with E-state index in [-0.39, 0.29) is 36.3 Å². The molecule has 1 saturated heterocycles. The molecule has 1 atom stereocenters. The molecule has 8 nitrogen and oxygen atoms in total. The number of hydrogen-bond acceptors (Lipinski definition) is 7. The van der Waals surface area contributed by atoms with E-state index in [1.54, 1.807) is 24.5 Å². The van der Waals surface area contributed by atoms with Gasteiger partial charge < -0.3 is 15.2 Å². The number of methoxy groups -OCH3 is 1. The Bertz CT molecular complexity index is 939. The van der Waals surface area contributed by atoms with Gasteiger partial charge in [-0.25, -0.2) is 13.2 Å². The van der Waals surface area contributed by atoms with Crippen LogP contribution in [0, 0.1) is 5.92 Å². The van der Waals surface area contributed by atoms with E-state index in [4.69, 9.17) is 4.74 Å². The maximum atomic E-state index is 13.7. The normalized spacial score (nSPS) is 16.3. The lowest BCUT2D eigenvalue weighted by Crippen LogP contribution is -2.63. The van der Waals surface area contributed by atoms with E-state index in [0.717, 1.165) is 5.56 Å². The summed E-state index contributed by atoms with van der Waals surface area (Å²) in [5, 5.41) is 16.3. The number of ether oxygens (including phenoxy) is 1. The number of nitrogens with one attached hydrogen (secondary N) is 2. The van der Waals surface area contributed by atoms with E-state index in [1.807, 2.05) is 0 Å². The van der Waals surface area contributed by atoms with Crippen molar-refractivity contribution in [1.29, 1.82) is 0 Å². The first-order chi connectivity index (χ1) is 13.9. The summed E-state index contributed by atoms with van der Waals surface area (Å²) in [6, 6.07) is 9.27. The summed E-state index contributed by atoms with van der Waals surface area (Å²) in [5.41, 5.74) is 0.754. The SMILES string of the molecule is COc1ccc(S(=O)(=O)[C@@](NCc2ccncc2)(C(=O)O)C2CCNCC2)cc1.Cl.Cl. The molecule has 31 heavy (non-hydrogen) atoms. The van der Waals surface area contributed by atoms with Crippen molar-refractivity contribution >= 4 is 40.6 Å². The second-order valence-corrected chi connectivity index (χ2v) is 9.08. The Hall–Kier alpha value is -1.91. The molecule has 3 rings (SSSR count). The second kappa shape index (κ2) is 11.6. The van der Waals surface area contributed by atoms with Crippen molar-refractivity contribution in [3.63, 3.8) is 0 Å². The summed E-state index contributed by atoms with van der Waals surface area (Å²) in [6.45, 7) is 1.22. The number of halogens is 2. The lowest BCUT2D eigenvalue weighted by Gasteiger charge is -2.39. The summed E-state index contributed by atoms with van der Waals surface area (Å²) in [6.07, 6.45) is 4.04. The largest absolute Gasteiger partial charge is 0.497 e. The van der Waals surface area contributed by atoms with Crippen LogP contribution in [0.1, 0.15) is 18.4 Å². The quantitative estimate of drug-likeness (QED) is 0.514. The first-order valence-electron chi connectivity index (χ1n) is 9.38. The number of piperidine rings is 1. The Kier molecular flexibility index (Phi) is 10.2. The highest BCUT2D eigenvalue weighted by molar-refractivity contribution is 7.93. The zero-order valence-corrected chi connectivity index (χ0v) is 19.4. The van der Waals surface area contributed by atoms with E-state index in [2.05, 4.69) is 15.6 Å². The lowest BCUT2D eigenvalue weighted by molar-refractivity contribution is -0.143. The van der Waals surface area contributed by atoms with Gasteiger partial charge in [0.15, 0.2) is 0 Å². The van der Waals surface area contributed by atoms with Crippen molar-refractivity contribution < 1.29 is 23.1 Å². The molecular formula is C20H27Cl2N3O5S. The third kappa shape index (κ3) is 5.48. The molecule has 0 unspecified atom stereocenters. The molecule has 0 bridgehead atoms. The number of aromatic nitrogens is 1. The molecule has 0 saturated carbocycles. The van der Waals surface area contributed by atoms with Gasteiger partial charge in [-0.1, -0.05) is 0 Å². The highest BCUT2D eigenvalue weighted by atomic mass is 35.5. The van der Waals surface area contributed by atoms with Gasteiger partial charge >= 0.3 is 5.97 Å². The van der Waals surface area contributed by atoms with Gasteiger partial charge in [-0.3, -0.25) is 10.3 Å². The summed E-state index contributed by atoms with van der Waals surface area (Å²) < 4.78 is 32.5. The molecule has 172 valence electrons. The zero-order valence-electron chi connectivity index (χ0n) is 17.0. The lowest BCUT2D eigenvalue weighted by atomic mass is 9.89. The van der Waals surface area contributed by atoms with Crippen LogP contribution in [0.4, 0.5) is 0 Å². The first-order valence-corrected chi connectivity index (χ1v) is 10.9. The number of hydrogen-bond donors (Lipinski definition) is 3. The van der Waals surface area contributed by atoms with E-state index >= 15 is 0 Å². The van der Waals surface area contributed by atoms with Crippen molar-refractivity contribution in [2.45, 2.75) is 29.2 Å². The summed E-state index contributed by atoms with van der Waals surface area (Å²) in [7, 11) is -2.78. The van der Waals surface area contributed by atoms with Crippen LogP contribution in [0.2, 0.25) is 0 Å². The van der Waals surface area contributed by atoms with Gasteiger partial charge in [0.1, 0.15) is 5.75 Å². The number of aliphatic carboxylic acids is 1. The fourth-order valence-corrected chi connectivity index (χ4v) is 5.76. The third-order valence-electron chi connectivity index (χ3n) is 5.33. The Morgan fingerprint density at radius 3 is 2.26 bits per heavy atom. The number of pyridine rings is 1. The fourth-order valence-electron chi connectivity index (χ4n) is 3.73. The van der Waals surface area contributed by atoms with Gasteiger partial charge in [-0.05, 0) is 67.9 Å². The molecule has 0 spiro atoms. The Morgan fingerprint density at radius 2 is 1.74 bits per heavy atom. The van der Waals surface area contributed by atoms with E-state index < -0.39 is 26.6 Å². The average molecular weight is 492 g/mol. The predicted molar refractivity (Wildman–Crippen MR) is 122 cm³/mol. The molecule has 1 aromatic heterocycles. The van der Waals surface area contributed by atoms with Crippen LogP contribution >= 0.6 is 24.8 Å². The number of benzene rings is 1. The molecule has 0 aliphatic carbocycles. The maximum Gasteiger partial charge on any atom is 0.340 e. The van der Waals surface area contributed by atoms with Crippen molar-refractivity contribution in [2.75, 3.05) is 20.2 Å². The number of sulfone groups is 1. The monoisotopic (exact) mass is 491 g/mol. The van der Waals surface area contributed by atoms with Crippen molar-refractivity contribution in [1.82, 2.24) is 15.6 Å². The highest BCUT2D eigenvalue weighted by Gasteiger charge is 2.57. The molecule has 3 N–H and O–H groups in total. The Labute approximate surface area is 194 Å². The average Bonchev–Trinajstić information content (AvgIpc) is 2.75. The number of carboxylic acid groups (broad SMARTS) is 1. The number of rotatable bonds is 8. The molecule has 2 aromatic rings. The van der Waals surface area contributed by atoms with Crippen LogP contribution < -0.4 is 15.4 Å². The molecule has 1 aliphatic rings. The van der Waals surface area contributed by atoms with E-state index in [1.165, 1.54) is 31.4 Å². The molecule has 0 radical (unpaired) electrons. The molecule has 1 aliphatic heterocycles. The standard InChI is InChI=1S/C20H25N3O5S.2ClH/c1-28-17-2-4-18(5-3-17)29(26,27)20(19(24)25,16-8-12-22-13-9-16)23-14-15-6-10-21-11-7-15;;/h2-7,10-11,16,22-23H,8-9,12-14H2,1H3,(H,24,25);2*1H/t20-;;/m1../s1. The molecule has 1 aromatic carbocycles. The van der Waals surface area contributed by atoms with E-state index in [9.17, 15) is 18.3 Å². The van der Waals surface area contributed by atoms with E-state index in [0.29, 0.717) is 31.7 Å². The highest BCUT2D eigenvalue weighted by Crippen LogP contribution is 2.36. The maximum absolute atomic E-state index is 13.7. The zero-order chi connectivity index (χ0) is 20.9. The van der Waals surface area contributed by atoms with Crippen LogP contribution in [0.5, 0.6) is 5.75 Å². The minimum atomic E-state index is -4.27. The van der Waals surface area contributed by atoms with Gasteiger partial charge in [0.05, 0.1) is 12.0 Å². The summed E-state index contributed by atoms with van der Waals surface area (Å²) in [4.78, 5) is 14.3. The van der Waals surface area contributed by atoms with Crippen LogP contribution in [-0.2, 0) is 21.2 Å². The number of nitrogens with zero attached hydrogens (tertiary/aromatic N) is 1. The fraction of sp³-hybridized carbons (Fsp3) is 0.400. The number of carboxylic acids is 1. The van der Waals surface area contributed by atoms with Crippen LogP contribution in [0.25, 0.3) is 0 Å². The topological polar surface area (TPSA) is 118 Å². The second-order valence-electron chi connectivity index (χ2n) is 6.95. The van der Waals surface area contributed by atoms with Crippen molar-refractivity contribution in [3.8, 4) is 5.75 Å². The molecule has 11 heteroatoms. The Morgan fingerprint density at radius 1 is 1.16 bits per heavy atom. The molecule has 0 amide bonds. The van der Waals surface area contributed by atoms with Gasteiger partial charge in [0, 0.05) is 24.9 Å². The van der Waals surface area contributed by atoms with Gasteiger partial charge in [0.2, 0.25) is 14.7 Å². The van der Waals surface area contributed by atoms with Crippen LogP contribution in [0.15, 0.2) is 53.7 Å². The third-order valence-corrected chi connectivity index (χ3v) is 7.72. The smallest absolute Gasteiger partial charge is 0.340 e. The van der Waals surface area contributed by atoms with Gasteiger partial charge in [-0.2, -0.15) is 0 Å². The molecular weight excluding hydrogens is 465 g/mol. The molecule has 2 heterocycles. The van der Waals surface area contributed by atoms with Crippen LogP contribution in [0.3, 0.4) is 0 Å². The summed E-state index contributed by atoms with van der Waals surface area (Å²) in [5.74, 6) is -1.49. The Balaban J connectivity index is 0.00000240. The summed E-state index contributed by atoms with van der Waals surface area (Å²) >= 11 is 0. The van der Waals surface area contributed by atoms with Crippen molar-refractivity contribution in [3.05, 3.63) is 54.4 Å². The molecule has 1 fully saturated rings. The number of carbonyl (C=O) groups is 1. The van der Waals surface area contributed by atoms with Crippen molar-refractivity contribution in [2.24, 2.45) is 5.92 Å². The van der Waals surface area contributed by atoms with Crippen LogP contribution in [-0.4, -0.2) is 49.5 Å². The minimum Gasteiger partial charge on any atom is -0.497 e. The van der Waals surface area contributed by atoms with Gasteiger partial charge in [-0.15, -0.1) is 24.8 Å². The van der Waals surface area contributed by atoms with Gasteiger partial charge in [0.25, 0.3) is 0 Å². The minimum absolute atomic E-state index is 0. The predicted octanol–water partition coefficient (Wildman–Crippen LogP) is 2.28.